The summed E-state index contributed by atoms with van der Waals surface area (Å²) in [6.45, 7) is 9.38. The Hall–Kier alpha value is -15.9. The van der Waals surface area contributed by atoms with Gasteiger partial charge in [-0.3, -0.25) is 14.1 Å². The maximum Gasteiger partial charge on any atom is 0.236 e. The summed E-state index contributed by atoms with van der Waals surface area (Å²) in [6.07, 6.45) is 1.80. The maximum atomic E-state index is 6.43. The van der Waals surface area contributed by atoms with Gasteiger partial charge in [-0.2, -0.15) is 0 Å². The quantitative estimate of drug-likeness (QED) is 0.153. The van der Waals surface area contributed by atoms with Gasteiger partial charge < -0.3 is 8.83 Å². The van der Waals surface area contributed by atoms with Gasteiger partial charge in [0.2, 0.25) is 11.9 Å². The molecule has 128 heavy (non-hydrogen) atoms. The molecule has 28 rings (SSSR count). The van der Waals surface area contributed by atoms with Gasteiger partial charge in [0.25, 0.3) is 0 Å². The Morgan fingerprint density at radius 2 is 0.906 bits per heavy atom. The van der Waals surface area contributed by atoms with Crippen molar-refractivity contribution in [2.45, 2.75) is 38.5 Å². The minimum atomic E-state index is -0.343. The molecule has 0 saturated carbocycles. The number of para-hydroxylation sites is 5. The van der Waals surface area contributed by atoms with Crippen molar-refractivity contribution in [1.29, 1.82) is 0 Å². The van der Waals surface area contributed by atoms with Gasteiger partial charge >= 0.3 is 0 Å². The monoisotopic (exact) mass is 1680 g/mol. The van der Waals surface area contributed by atoms with Crippen LogP contribution in [-0.2, 0) is 10.8 Å². The highest BCUT2D eigenvalue weighted by molar-refractivity contribution is 7.26. The third kappa shape index (κ3) is 11.2. The molecule has 0 N–H and O–H groups in total. The Bertz CT molecular complexity index is 9080. The van der Waals surface area contributed by atoms with Crippen molar-refractivity contribution in [1.82, 2.24) is 44.0 Å². The van der Waals surface area contributed by atoms with Crippen LogP contribution in [0.3, 0.4) is 0 Å². The first-order valence-corrected chi connectivity index (χ1v) is 44.9. The van der Waals surface area contributed by atoms with E-state index in [0.29, 0.717) is 23.3 Å². The van der Waals surface area contributed by atoms with E-state index >= 15 is 0 Å². The highest BCUT2D eigenvalue weighted by Crippen LogP contribution is 2.58. The first-order valence-electron chi connectivity index (χ1n) is 43.3. The van der Waals surface area contributed by atoms with Gasteiger partial charge in [-0.25, -0.2) is 29.9 Å². The lowest BCUT2D eigenvalue weighted by molar-refractivity contribution is 0.638. The first-order chi connectivity index (χ1) is 63.0. The molecule has 13 heteroatoms. The van der Waals surface area contributed by atoms with Crippen LogP contribution in [0.2, 0.25) is 0 Å². The molecule has 0 saturated heterocycles. The van der Waals surface area contributed by atoms with Crippen LogP contribution in [-0.4, -0.2) is 44.0 Å². The standard InChI is InChI=1S/2C41H27N3S.C33H19N3O2/c1-41(2)37-30(22-23-34-35(37)29-17-7-10-21-33(29)45-34)36-38(28-18-11-13-24-12-3-4-14-25(24)28)42-40(43-39(36)41)44-31-19-8-5-15-26(31)27-16-6-9-20-32(27)44;1-41(2)31-16-8-5-15-29(31)35-32(41)22-21-30-36-37(26-20-19-24-11-3-4-12-25(24)23-26)42-40(43-39(36)45-38(30)35)44-33-17-9-6-13-27(33)28-14-7-10-18-34(28)44;1-2-9-20(10-3-1)30-32-31(25-18-24-23-13-4-5-15-27(23)37-28(24)19-29(25)38-32)36-33(35-30)22-12-8-11-21(17-22)26-14-6-7-16-34-26/h2*3-23H,1-2H3;1-19H. The molecule has 10 aromatic heterocycles. The Balaban J connectivity index is 0.000000102. The first kappa shape index (κ1) is 73.6. The van der Waals surface area contributed by atoms with Crippen molar-refractivity contribution < 1.29 is 8.83 Å². The normalized spacial score (nSPS) is 13.1. The van der Waals surface area contributed by atoms with E-state index in [-0.39, 0.29) is 10.8 Å². The second-order valence-electron chi connectivity index (χ2n) is 34.5. The topological polar surface area (TPSA) is 126 Å². The predicted octanol–water partition coefficient (Wildman–Crippen LogP) is 30.8. The van der Waals surface area contributed by atoms with Crippen molar-refractivity contribution in [3.63, 3.8) is 0 Å². The SMILES string of the molecule is CC1(C)c2ccccc2-c2c1ccc1c2sc2nc(-n3c4ccccc4c4ccccc43)nc(-c3ccc4ccccc4c3)c21.CC1(C)c2nc(-n3c4ccccc4c4ccccc43)nc(-c3cccc4ccccc34)c2-c2ccc3sc4ccccc4c3c21.c1ccc(-c2nc(-c3cccc(-c4ccccn4)c3)nc3c2oc2cc4oc5ccccc5c4cc23)cc1. The summed E-state index contributed by atoms with van der Waals surface area (Å²) in [7, 11) is 0. The Labute approximate surface area is 741 Å². The second kappa shape index (κ2) is 28.3. The molecule has 11 nitrogen and oxygen atoms in total. The predicted molar refractivity (Wildman–Crippen MR) is 530 cm³/mol. The van der Waals surface area contributed by atoms with Crippen LogP contribution in [0.25, 0.3) is 240 Å². The highest BCUT2D eigenvalue weighted by Gasteiger charge is 2.43. The number of benzene rings is 16. The molecule has 0 atom stereocenters. The fourth-order valence-electron chi connectivity index (χ4n) is 20.6. The molecule has 0 radical (unpaired) electrons. The van der Waals surface area contributed by atoms with Gasteiger partial charge in [0.05, 0.1) is 44.8 Å². The van der Waals surface area contributed by atoms with Crippen molar-refractivity contribution >= 4 is 172 Å². The molecule has 2 aliphatic rings. The Kier molecular flexibility index (Phi) is 16.3. The van der Waals surface area contributed by atoms with Gasteiger partial charge in [-0.15, -0.1) is 22.7 Å². The van der Waals surface area contributed by atoms with Crippen LogP contribution in [0.5, 0.6) is 0 Å². The number of nitrogens with zero attached hydrogens (tertiary/aromatic N) is 9. The molecule has 0 unspecified atom stereocenters. The van der Waals surface area contributed by atoms with Crippen LogP contribution in [0, 0.1) is 0 Å². The van der Waals surface area contributed by atoms with Gasteiger partial charge in [0.15, 0.2) is 11.4 Å². The molecule has 2 aliphatic carbocycles. The fourth-order valence-corrected chi connectivity index (χ4v) is 23.0. The van der Waals surface area contributed by atoms with Crippen molar-refractivity contribution in [3.05, 3.63) is 393 Å². The lowest BCUT2D eigenvalue weighted by Gasteiger charge is -2.22. The van der Waals surface area contributed by atoms with E-state index in [2.05, 4.69) is 321 Å². The second-order valence-corrected chi connectivity index (χ2v) is 36.6. The number of aromatic nitrogens is 9. The molecule has 26 aromatic rings. The molecule has 602 valence electrons. The minimum absolute atomic E-state index is 0.0583. The highest BCUT2D eigenvalue weighted by atomic mass is 32.1. The number of rotatable bonds is 7. The van der Waals surface area contributed by atoms with E-state index in [1.54, 1.807) is 17.5 Å². The van der Waals surface area contributed by atoms with Crippen LogP contribution in [0.4, 0.5) is 0 Å². The zero-order chi connectivity index (χ0) is 84.8. The molecule has 0 spiro atoms. The number of fused-ring (bicyclic) bond motifs is 28. The lowest BCUT2D eigenvalue weighted by Crippen LogP contribution is -2.19. The molecule has 0 amide bonds. The summed E-state index contributed by atoms with van der Waals surface area (Å²) in [5.41, 5.74) is 26.8. The summed E-state index contributed by atoms with van der Waals surface area (Å²) in [5, 5.41) is 17.7. The van der Waals surface area contributed by atoms with Gasteiger partial charge in [-0.1, -0.05) is 313 Å². The minimum Gasteiger partial charge on any atom is -0.456 e. The average Bonchev–Trinajstić information content (AvgIpc) is 1.54. The maximum absolute atomic E-state index is 6.43. The number of hydrogen-bond donors (Lipinski definition) is 0. The molecule has 0 fully saturated rings. The summed E-state index contributed by atoms with van der Waals surface area (Å²) in [5.74, 6) is 2.04. The largest absolute Gasteiger partial charge is 0.456 e. The number of hydrogen-bond acceptors (Lipinski definition) is 11. The van der Waals surface area contributed by atoms with E-state index < -0.39 is 0 Å². The fraction of sp³-hybridized carbons (Fsp3) is 0.0522. The Morgan fingerprint density at radius 3 is 1.66 bits per heavy atom. The zero-order valence-electron chi connectivity index (χ0n) is 69.9. The summed E-state index contributed by atoms with van der Waals surface area (Å²) < 4.78 is 21.0. The van der Waals surface area contributed by atoms with Crippen molar-refractivity contribution in [2.24, 2.45) is 0 Å². The summed E-state index contributed by atoms with van der Waals surface area (Å²) in [6, 6.07) is 128. The van der Waals surface area contributed by atoms with Crippen molar-refractivity contribution in [3.8, 4) is 90.6 Å². The van der Waals surface area contributed by atoms with E-state index in [4.69, 9.17) is 38.7 Å². The van der Waals surface area contributed by atoms with Crippen LogP contribution in [0.15, 0.2) is 379 Å². The molecular weight excluding hydrogens is 1600 g/mol. The molecule has 0 bridgehead atoms. The van der Waals surface area contributed by atoms with Crippen LogP contribution >= 0.6 is 22.7 Å². The van der Waals surface area contributed by atoms with Crippen molar-refractivity contribution in [2.75, 3.05) is 0 Å². The van der Waals surface area contributed by atoms with Crippen LogP contribution < -0.4 is 0 Å². The third-order valence-electron chi connectivity index (χ3n) is 26.5. The van der Waals surface area contributed by atoms with E-state index in [9.17, 15) is 0 Å². The molecule has 10 heterocycles. The van der Waals surface area contributed by atoms with E-state index in [1.165, 1.54) is 107 Å². The molecule has 0 aliphatic heterocycles. The van der Waals surface area contributed by atoms with Gasteiger partial charge in [0.1, 0.15) is 32.8 Å². The average molecular weight is 1680 g/mol. The molecule has 16 aromatic carbocycles. The number of pyridine rings is 1. The smallest absolute Gasteiger partial charge is 0.236 e. The Morgan fingerprint density at radius 1 is 0.305 bits per heavy atom. The van der Waals surface area contributed by atoms with Gasteiger partial charge in [-0.05, 0) is 122 Å². The third-order valence-corrected chi connectivity index (χ3v) is 28.8. The number of thiophene rings is 2. The number of furan rings is 2. The van der Waals surface area contributed by atoms with Crippen LogP contribution in [0.1, 0.15) is 50.1 Å². The summed E-state index contributed by atoms with van der Waals surface area (Å²) >= 11 is 3.68. The van der Waals surface area contributed by atoms with E-state index in [0.717, 1.165) is 133 Å². The van der Waals surface area contributed by atoms with E-state index in [1.807, 2.05) is 96.3 Å². The zero-order valence-corrected chi connectivity index (χ0v) is 71.5. The summed E-state index contributed by atoms with van der Waals surface area (Å²) in [4.78, 5) is 37.6. The molecular formula is C115H73N9O2S2. The lowest BCUT2D eigenvalue weighted by atomic mass is 9.82. The van der Waals surface area contributed by atoms with Gasteiger partial charge in [0, 0.05) is 135 Å².